The number of aliphatic hydroxyl groups excluding tert-OH is 2. The van der Waals surface area contributed by atoms with Crippen LogP contribution in [0.25, 0.3) is 0 Å². The van der Waals surface area contributed by atoms with Gasteiger partial charge in [0.1, 0.15) is 24.9 Å². The highest BCUT2D eigenvalue weighted by Crippen LogP contribution is 2.36. The fourth-order valence-electron chi connectivity index (χ4n) is 4.06. The number of fused-ring (bicyclic) bond motifs is 1. The van der Waals surface area contributed by atoms with E-state index in [1.54, 1.807) is 19.9 Å². The average molecular weight is 519 g/mol. The number of esters is 4. The van der Waals surface area contributed by atoms with Crippen LogP contribution in [0.4, 0.5) is 0 Å². The number of carbonyl (C=O) groups excluding carboxylic acids is 4. The Hall–Kier alpha value is -3.50. The lowest BCUT2D eigenvalue weighted by molar-refractivity contribution is -0.149. The van der Waals surface area contributed by atoms with Gasteiger partial charge in [-0.2, -0.15) is 0 Å². The van der Waals surface area contributed by atoms with Gasteiger partial charge in [0, 0.05) is 25.3 Å². The van der Waals surface area contributed by atoms with E-state index in [1.807, 2.05) is 13.0 Å². The molecule has 10 nitrogen and oxygen atoms in total. The van der Waals surface area contributed by atoms with Crippen molar-refractivity contribution in [3.8, 4) is 0 Å². The second-order valence-corrected chi connectivity index (χ2v) is 8.82. The molecule has 0 radical (unpaired) electrons. The smallest absolute Gasteiger partial charge is 0.337 e. The van der Waals surface area contributed by atoms with Crippen molar-refractivity contribution >= 4 is 23.9 Å². The maximum absolute atomic E-state index is 13.1. The molecule has 0 unspecified atom stereocenters. The van der Waals surface area contributed by atoms with Gasteiger partial charge in [-0.05, 0) is 38.5 Å². The lowest BCUT2D eigenvalue weighted by Crippen LogP contribution is -2.35. The maximum atomic E-state index is 13.1. The average Bonchev–Trinajstić information content (AvgIpc) is 3.11. The molecule has 4 atom stereocenters. The summed E-state index contributed by atoms with van der Waals surface area (Å²) < 4.78 is 21.8. The highest BCUT2D eigenvalue weighted by atomic mass is 16.6. The molecule has 0 aromatic carbocycles. The van der Waals surface area contributed by atoms with Crippen LogP contribution in [0.2, 0.25) is 0 Å². The summed E-state index contributed by atoms with van der Waals surface area (Å²) in [5, 5.41) is 18.6. The van der Waals surface area contributed by atoms with E-state index in [1.165, 1.54) is 13.0 Å². The molecule has 1 aliphatic carbocycles. The minimum Gasteiger partial charge on any atom is -0.458 e. The number of hydrogen-bond donors (Lipinski definition) is 2. The van der Waals surface area contributed by atoms with Gasteiger partial charge in [-0.3, -0.25) is 4.79 Å². The van der Waals surface area contributed by atoms with Crippen LogP contribution in [-0.2, 0) is 38.1 Å². The second-order valence-electron chi connectivity index (χ2n) is 8.82. The summed E-state index contributed by atoms with van der Waals surface area (Å²) in [6.07, 6.45) is 4.45. The standard InChI is InChI=1S/C27H34O10/c1-6-19(13-29)26(32)34-14-20(9-10-28)27(33)37-22-11-15(2)7-8-21(35-18(5)30)16(3)12-23-24(22)17(4)25(31)36-23/h6-7,9,12,21-24,28-29H,4,8,10-11,13-14H2,1-3,5H3/b15-7-,16-12-,19-6+,20-9+/t21-,22+,23+,24+/m0/s1. The largest absolute Gasteiger partial charge is 0.458 e. The van der Waals surface area contributed by atoms with E-state index in [2.05, 4.69) is 6.58 Å². The first kappa shape index (κ1) is 29.7. The predicted molar refractivity (Wildman–Crippen MR) is 132 cm³/mol. The lowest BCUT2D eigenvalue weighted by atomic mass is 9.85. The van der Waals surface area contributed by atoms with E-state index in [0.717, 1.165) is 11.6 Å². The van der Waals surface area contributed by atoms with E-state index < -0.39 is 67.9 Å². The first-order valence-corrected chi connectivity index (χ1v) is 11.9. The fraction of sp³-hybridized carbons (Fsp3) is 0.481. The van der Waals surface area contributed by atoms with Crippen molar-refractivity contribution in [3.63, 3.8) is 0 Å². The molecule has 0 spiro atoms. The molecule has 2 aliphatic rings. The number of allylic oxidation sites excluding steroid dienone is 1. The SMILES string of the molecule is C=C1C(=O)O[C@@H]2/C=C(/C)[C@@H](OC(C)=O)C/C=C(/C)C[C@@H](OC(=O)/C(=C/CO)COC(=O)/C(=C/C)CO)[C@@H]12. The highest BCUT2D eigenvalue weighted by Gasteiger charge is 2.45. The molecular weight excluding hydrogens is 484 g/mol. The molecule has 10 heteroatoms. The number of ether oxygens (including phenoxy) is 4. The molecular formula is C27H34O10. The Bertz CT molecular complexity index is 1050. The Kier molecular flexibility index (Phi) is 11.0. The van der Waals surface area contributed by atoms with Crippen molar-refractivity contribution in [2.45, 2.75) is 58.8 Å². The number of carbonyl (C=O) groups is 4. The van der Waals surface area contributed by atoms with Crippen molar-refractivity contribution in [2.24, 2.45) is 5.92 Å². The molecule has 1 fully saturated rings. The first-order valence-electron chi connectivity index (χ1n) is 11.9. The first-order chi connectivity index (χ1) is 17.5. The zero-order valence-corrected chi connectivity index (χ0v) is 21.5. The summed E-state index contributed by atoms with van der Waals surface area (Å²) in [4.78, 5) is 49.2. The molecule has 1 aliphatic heterocycles. The molecule has 0 aromatic heterocycles. The van der Waals surface area contributed by atoms with Gasteiger partial charge < -0.3 is 29.2 Å². The summed E-state index contributed by atoms with van der Waals surface area (Å²) in [5.41, 5.74) is 1.51. The maximum Gasteiger partial charge on any atom is 0.337 e. The van der Waals surface area contributed by atoms with Gasteiger partial charge in [-0.1, -0.05) is 24.3 Å². The van der Waals surface area contributed by atoms with Crippen molar-refractivity contribution < 1.29 is 48.3 Å². The molecule has 37 heavy (non-hydrogen) atoms. The number of rotatable bonds is 8. The van der Waals surface area contributed by atoms with Crippen LogP contribution in [0.15, 0.2) is 58.7 Å². The van der Waals surface area contributed by atoms with E-state index in [9.17, 15) is 29.4 Å². The van der Waals surface area contributed by atoms with E-state index >= 15 is 0 Å². The molecule has 0 aromatic rings. The zero-order valence-electron chi connectivity index (χ0n) is 21.5. The summed E-state index contributed by atoms with van der Waals surface area (Å²) in [5.74, 6) is -3.47. The molecule has 1 heterocycles. The second kappa shape index (κ2) is 13.7. The van der Waals surface area contributed by atoms with Crippen molar-refractivity contribution in [3.05, 3.63) is 58.7 Å². The Morgan fingerprint density at radius 1 is 1.16 bits per heavy atom. The van der Waals surface area contributed by atoms with Crippen LogP contribution in [0.5, 0.6) is 0 Å². The molecule has 2 rings (SSSR count). The Labute approximate surface area is 215 Å². The van der Waals surface area contributed by atoms with E-state index in [0.29, 0.717) is 12.0 Å². The van der Waals surface area contributed by atoms with Gasteiger partial charge in [0.15, 0.2) is 0 Å². The van der Waals surface area contributed by atoms with Crippen LogP contribution in [0.1, 0.15) is 40.5 Å². The molecule has 2 N–H and O–H groups in total. The van der Waals surface area contributed by atoms with E-state index in [4.69, 9.17) is 18.9 Å². The van der Waals surface area contributed by atoms with Crippen LogP contribution >= 0.6 is 0 Å². The van der Waals surface area contributed by atoms with Gasteiger partial charge in [-0.15, -0.1) is 0 Å². The number of hydrogen-bond acceptors (Lipinski definition) is 10. The van der Waals surface area contributed by atoms with Gasteiger partial charge in [-0.25, -0.2) is 14.4 Å². The minimum atomic E-state index is -0.872. The molecule has 202 valence electrons. The summed E-state index contributed by atoms with van der Waals surface area (Å²) in [7, 11) is 0. The van der Waals surface area contributed by atoms with Crippen LogP contribution in [0.3, 0.4) is 0 Å². The van der Waals surface area contributed by atoms with E-state index in [-0.39, 0.29) is 23.1 Å². The molecule has 1 saturated heterocycles. The van der Waals surface area contributed by atoms with Gasteiger partial charge in [0.25, 0.3) is 0 Å². The third kappa shape index (κ3) is 7.99. The Morgan fingerprint density at radius 3 is 2.46 bits per heavy atom. The predicted octanol–water partition coefficient (Wildman–Crippen LogP) is 2.01. The van der Waals surface area contributed by atoms with Crippen LogP contribution < -0.4 is 0 Å². The topological polar surface area (TPSA) is 146 Å². The van der Waals surface area contributed by atoms with Crippen LogP contribution in [0, 0.1) is 5.92 Å². The zero-order chi connectivity index (χ0) is 27.7. The minimum absolute atomic E-state index is 0.0137. The van der Waals surface area contributed by atoms with Crippen molar-refractivity contribution in [1.82, 2.24) is 0 Å². The third-order valence-corrected chi connectivity index (χ3v) is 6.11. The lowest BCUT2D eigenvalue weighted by Gasteiger charge is -2.28. The van der Waals surface area contributed by atoms with Crippen LogP contribution in [-0.4, -0.2) is 72.2 Å². The Morgan fingerprint density at radius 2 is 1.86 bits per heavy atom. The van der Waals surface area contributed by atoms with Gasteiger partial charge >= 0.3 is 23.9 Å². The monoisotopic (exact) mass is 518 g/mol. The molecule has 0 amide bonds. The summed E-state index contributed by atoms with van der Waals surface area (Å²) >= 11 is 0. The van der Waals surface area contributed by atoms with Gasteiger partial charge in [0.05, 0.1) is 30.3 Å². The highest BCUT2D eigenvalue weighted by molar-refractivity contribution is 5.93. The fourth-order valence-corrected chi connectivity index (χ4v) is 4.06. The number of aliphatic hydroxyl groups is 2. The quantitative estimate of drug-likeness (QED) is 0.212. The Balaban J connectivity index is 2.34. The van der Waals surface area contributed by atoms with Crippen molar-refractivity contribution in [2.75, 3.05) is 19.8 Å². The summed E-state index contributed by atoms with van der Waals surface area (Å²) in [6, 6.07) is 0. The molecule has 0 bridgehead atoms. The summed E-state index contributed by atoms with van der Waals surface area (Å²) in [6.45, 7) is 8.76. The van der Waals surface area contributed by atoms with Gasteiger partial charge in [0.2, 0.25) is 0 Å². The molecule has 0 saturated carbocycles. The normalized spacial score (nSPS) is 27.6. The third-order valence-electron chi connectivity index (χ3n) is 6.11. The van der Waals surface area contributed by atoms with Crippen molar-refractivity contribution in [1.29, 1.82) is 0 Å².